The first-order valence-electron chi connectivity index (χ1n) is 13.7. The van der Waals surface area contributed by atoms with E-state index in [2.05, 4.69) is 43.0 Å². The Morgan fingerprint density at radius 2 is 1.84 bits per heavy atom. The highest BCUT2D eigenvalue weighted by Crippen LogP contribution is 2.40. The van der Waals surface area contributed by atoms with Crippen molar-refractivity contribution in [3.05, 3.63) is 65.5 Å². The maximum absolute atomic E-state index is 14.0. The molecule has 1 aromatic heterocycles. The van der Waals surface area contributed by atoms with Gasteiger partial charge in [-0.3, -0.25) is 4.90 Å². The Hall–Kier alpha value is -2.41. The smallest absolute Gasteiger partial charge is 0.331 e. The van der Waals surface area contributed by atoms with Gasteiger partial charge in [0.15, 0.2) is 18.2 Å². The maximum atomic E-state index is 14.0. The van der Waals surface area contributed by atoms with E-state index in [0.717, 1.165) is 92.0 Å². The monoisotopic (exact) mass is 523 g/mol. The van der Waals surface area contributed by atoms with Crippen LogP contribution >= 0.6 is 0 Å². The summed E-state index contributed by atoms with van der Waals surface area (Å²) in [7, 11) is 0. The first-order valence-corrected chi connectivity index (χ1v) is 13.7. The summed E-state index contributed by atoms with van der Waals surface area (Å²) in [4.78, 5) is 21.2. The molecule has 0 amide bonds. The number of esters is 1. The molecular formula is C30H38ClN3O3. The van der Waals surface area contributed by atoms with E-state index >= 15 is 0 Å². The SMILES string of the molecule is Cc1ccc2oc(C[N+]34CCC(CC3)C(OC(=O)C(C)(c3ccccc3)N3CCCCC3)C4)nc2c1.[Cl-]. The van der Waals surface area contributed by atoms with Crippen LogP contribution < -0.4 is 12.4 Å². The summed E-state index contributed by atoms with van der Waals surface area (Å²) in [6.45, 7) is 9.82. The minimum absolute atomic E-state index is 0. The second kappa shape index (κ2) is 10.4. The average molecular weight is 524 g/mol. The van der Waals surface area contributed by atoms with Crippen molar-refractivity contribution < 1.29 is 30.8 Å². The molecule has 37 heavy (non-hydrogen) atoms. The fourth-order valence-corrected chi connectivity index (χ4v) is 6.80. The van der Waals surface area contributed by atoms with Crippen LogP contribution in [0.3, 0.4) is 0 Å². The maximum Gasteiger partial charge on any atom is 0.331 e. The van der Waals surface area contributed by atoms with E-state index in [1.807, 2.05) is 24.3 Å². The lowest BCUT2D eigenvalue weighted by Crippen LogP contribution is -3.00. The third kappa shape index (κ3) is 4.91. The van der Waals surface area contributed by atoms with Crippen molar-refractivity contribution in [2.75, 3.05) is 32.7 Å². The molecule has 4 fully saturated rings. The molecule has 0 spiro atoms. The van der Waals surface area contributed by atoms with Gasteiger partial charge in [0, 0.05) is 18.8 Å². The van der Waals surface area contributed by atoms with Gasteiger partial charge in [-0.15, -0.1) is 0 Å². The van der Waals surface area contributed by atoms with E-state index in [1.165, 1.54) is 12.0 Å². The number of aryl methyl sites for hydroxylation is 1. The quantitative estimate of drug-likeness (QED) is 0.366. The third-order valence-corrected chi connectivity index (χ3v) is 9.08. The highest BCUT2D eigenvalue weighted by molar-refractivity contribution is 5.82. The second-order valence-corrected chi connectivity index (χ2v) is 11.5. The zero-order valence-electron chi connectivity index (χ0n) is 22.0. The number of ether oxygens (including phenoxy) is 1. The van der Waals surface area contributed by atoms with Crippen LogP contribution in [0.15, 0.2) is 52.9 Å². The average Bonchev–Trinajstić information content (AvgIpc) is 3.30. The zero-order chi connectivity index (χ0) is 24.8. The molecule has 0 radical (unpaired) electrons. The Balaban J connectivity index is 0.00000280. The second-order valence-electron chi connectivity index (χ2n) is 11.5. The molecule has 7 rings (SSSR count). The van der Waals surface area contributed by atoms with Gasteiger partial charge in [-0.25, -0.2) is 9.78 Å². The summed E-state index contributed by atoms with van der Waals surface area (Å²) >= 11 is 0. The number of quaternary nitrogens is 1. The number of aromatic nitrogens is 1. The summed E-state index contributed by atoms with van der Waals surface area (Å²) < 4.78 is 13.5. The Morgan fingerprint density at radius 3 is 2.57 bits per heavy atom. The predicted molar refractivity (Wildman–Crippen MR) is 139 cm³/mol. The van der Waals surface area contributed by atoms with Crippen molar-refractivity contribution in [1.82, 2.24) is 9.88 Å². The van der Waals surface area contributed by atoms with Crippen molar-refractivity contribution in [3.63, 3.8) is 0 Å². The van der Waals surface area contributed by atoms with E-state index < -0.39 is 5.54 Å². The fourth-order valence-electron chi connectivity index (χ4n) is 6.80. The van der Waals surface area contributed by atoms with Crippen molar-refractivity contribution in [1.29, 1.82) is 0 Å². The van der Waals surface area contributed by atoms with Crippen LogP contribution in [0, 0.1) is 12.8 Å². The Morgan fingerprint density at radius 1 is 1.11 bits per heavy atom. The molecule has 6 nitrogen and oxygen atoms in total. The summed E-state index contributed by atoms with van der Waals surface area (Å²) in [5.74, 6) is 1.15. The molecule has 4 aliphatic rings. The summed E-state index contributed by atoms with van der Waals surface area (Å²) in [6, 6.07) is 16.4. The molecule has 0 saturated carbocycles. The van der Waals surface area contributed by atoms with E-state index in [-0.39, 0.29) is 24.5 Å². The Labute approximate surface area is 226 Å². The molecule has 0 aliphatic carbocycles. The van der Waals surface area contributed by atoms with E-state index in [0.29, 0.717) is 5.92 Å². The van der Waals surface area contributed by atoms with Crippen molar-refractivity contribution >= 4 is 17.1 Å². The number of hydrogen-bond acceptors (Lipinski definition) is 5. The van der Waals surface area contributed by atoms with Crippen molar-refractivity contribution in [2.24, 2.45) is 5.92 Å². The highest BCUT2D eigenvalue weighted by atomic mass is 35.5. The normalized spacial score (nSPS) is 27.4. The number of halogens is 1. The standard InChI is InChI=1S/C30H38N3O3.ClH/c1-22-11-12-26-25(19-22)31-28(35-26)21-33-17-13-23(14-18-33)27(20-33)36-29(34)30(2,24-9-5-3-6-10-24)32-15-7-4-8-16-32;/h3,5-6,9-12,19,23,27H,4,7-8,13-18,20-21H2,1-2H3;1H/q+1;/p-1. The molecular weight excluding hydrogens is 486 g/mol. The lowest BCUT2D eigenvalue weighted by Gasteiger charge is -2.52. The minimum atomic E-state index is -0.753. The topological polar surface area (TPSA) is 55.6 Å². The minimum Gasteiger partial charge on any atom is -1.00 e. The third-order valence-electron chi connectivity index (χ3n) is 9.08. The Bertz CT molecular complexity index is 1230. The fraction of sp³-hybridized carbons (Fsp3) is 0.533. The summed E-state index contributed by atoms with van der Waals surface area (Å²) in [5.41, 5.74) is 3.25. The number of oxazole rings is 1. The van der Waals surface area contributed by atoms with Gasteiger partial charge in [0.05, 0.1) is 13.1 Å². The molecule has 3 aromatic rings. The number of benzene rings is 2. The molecule has 4 aliphatic heterocycles. The first kappa shape index (κ1) is 26.2. The number of nitrogens with zero attached hydrogens (tertiary/aromatic N) is 3. The first-order chi connectivity index (χ1) is 17.5. The van der Waals surface area contributed by atoms with Gasteiger partial charge in [0.2, 0.25) is 0 Å². The highest BCUT2D eigenvalue weighted by Gasteiger charge is 2.51. The number of fused-ring (bicyclic) bond motifs is 4. The largest absolute Gasteiger partial charge is 1.00 e. The summed E-state index contributed by atoms with van der Waals surface area (Å²) in [6.07, 6.45) is 5.61. The van der Waals surface area contributed by atoms with Crippen molar-refractivity contribution in [3.8, 4) is 0 Å². The molecule has 4 saturated heterocycles. The number of piperidine rings is 4. The molecule has 0 N–H and O–H groups in total. The predicted octanol–water partition coefficient (Wildman–Crippen LogP) is 2.19. The van der Waals surface area contributed by atoms with Crippen molar-refractivity contribution in [2.45, 2.75) is 64.1 Å². The molecule has 2 atom stereocenters. The van der Waals surface area contributed by atoms with Crippen LogP contribution in [-0.2, 0) is 21.6 Å². The van der Waals surface area contributed by atoms with Gasteiger partial charge < -0.3 is 26.0 Å². The van der Waals surface area contributed by atoms with Gasteiger partial charge in [-0.05, 0) is 63.0 Å². The van der Waals surface area contributed by atoms with Gasteiger partial charge in [-0.2, -0.15) is 0 Å². The molecule has 2 bridgehead atoms. The van der Waals surface area contributed by atoms with Gasteiger partial charge >= 0.3 is 5.97 Å². The number of carbonyl (C=O) groups excluding carboxylic acids is 1. The number of likely N-dealkylation sites (tertiary alicyclic amines) is 1. The number of rotatable bonds is 6. The molecule has 2 aromatic carbocycles. The molecule has 198 valence electrons. The number of hydrogen-bond donors (Lipinski definition) is 0. The lowest BCUT2D eigenvalue weighted by molar-refractivity contribution is -0.959. The van der Waals surface area contributed by atoms with E-state index in [4.69, 9.17) is 14.1 Å². The van der Waals surface area contributed by atoms with Crippen LogP contribution in [0.5, 0.6) is 0 Å². The van der Waals surface area contributed by atoms with E-state index in [1.54, 1.807) is 0 Å². The van der Waals surface area contributed by atoms with Crippen LogP contribution in [0.4, 0.5) is 0 Å². The Kier molecular flexibility index (Phi) is 7.36. The molecule has 2 unspecified atom stereocenters. The summed E-state index contributed by atoms with van der Waals surface area (Å²) in [5, 5.41) is 0. The molecule has 5 heterocycles. The van der Waals surface area contributed by atoms with Gasteiger partial charge in [0.1, 0.15) is 17.6 Å². The van der Waals surface area contributed by atoms with Gasteiger partial charge in [0.25, 0.3) is 5.89 Å². The lowest BCUT2D eigenvalue weighted by atomic mass is 9.82. The van der Waals surface area contributed by atoms with Gasteiger partial charge in [-0.1, -0.05) is 42.8 Å². The van der Waals surface area contributed by atoms with Crippen LogP contribution in [0.1, 0.15) is 56.0 Å². The van der Waals surface area contributed by atoms with E-state index in [9.17, 15) is 4.79 Å². The molecule has 7 heteroatoms. The number of carbonyl (C=O) groups is 1. The van der Waals surface area contributed by atoms with Crippen LogP contribution in [-0.4, -0.2) is 59.2 Å². The van der Waals surface area contributed by atoms with Crippen LogP contribution in [0.25, 0.3) is 11.1 Å². The zero-order valence-corrected chi connectivity index (χ0v) is 22.8. The van der Waals surface area contributed by atoms with Crippen LogP contribution in [0.2, 0.25) is 0 Å².